The van der Waals surface area contributed by atoms with Crippen LogP contribution in [-0.4, -0.2) is 23.5 Å². The molecular formula is C16H27N. The van der Waals surface area contributed by atoms with Gasteiger partial charge in [0.15, 0.2) is 0 Å². The van der Waals surface area contributed by atoms with Crippen molar-refractivity contribution in [3.05, 3.63) is 12.2 Å². The van der Waals surface area contributed by atoms with Crippen LogP contribution in [-0.2, 0) is 0 Å². The minimum absolute atomic E-state index is 0.870. The zero-order valence-electron chi connectivity index (χ0n) is 11.3. The van der Waals surface area contributed by atoms with Gasteiger partial charge in [-0.2, -0.15) is 0 Å². The first-order valence-electron chi connectivity index (χ1n) is 7.77. The summed E-state index contributed by atoms with van der Waals surface area (Å²) in [5.41, 5.74) is 0. The van der Waals surface area contributed by atoms with Crippen molar-refractivity contribution in [3.8, 4) is 0 Å². The van der Waals surface area contributed by atoms with Crippen LogP contribution in [0.25, 0.3) is 0 Å². The van der Waals surface area contributed by atoms with Gasteiger partial charge >= 0.3 is 0 Å². The molecular weight excluding hydrogens is 206 g/mol. The molecule has 2 aliphatic carbocycles. The fraction of sp³-hybridized carbons (Fsp3) is 0.875. The SMILES string of the molecule is CC1CCC2C(C=CCN2C2CCCCC2)C1. The van der Waals surface area contributed by atoms with Crippen LogP contribution in [0.1, 0.15) is 58.3 Å². The Kier molecular flexibility index (Phi) is 3.56. The average molecular weight is 233 g/mol. The summed E-state index contributed by atoms with van der Waals surface area (Å²) in [6.45, 7) is 3.67. The van der Waals surface area contributed by atoms with E-state index in [1.165, 1.54) is 57.9 Å². The zero-order chi connectivity index (χ0) is 11.7. The van der Waals surface area contributed by atoms with E-state index < -0.39 is 0 Å². The minimum atomic E-state index is 0.870. The summed E-state index contributed by atoms with van der Waals surface area (Å²) in [5.74, 6) is 1.82. The smallest absolute Gasteiger partial charge is 0.0169 e. The first-order chi connectivity index (χ1) is 8.34. The van der Waals surface area contributed by atoms with E-state index in [0.29, 0.717) is 0 Å². The van der Waals surface area contributed by atoms with Gasteiger partial charge in [0.2, 0.25) is 0 Å². The number of fused-ring (bicyclic) bond motifs is 1. The van der Waals surface area contributed by atoms with Crippen LogP contribution in [0, 0.1) is 11.8 Å². The van der Waals surface area contributed by atoms with Gasteiger partial charge in [0, 0.05) is 18.6 Å². The molecule has 0 amide bonds. The third-order valence-corrected chi connectivity index (χ3v) is 5.29. The number of nitrogens with zero attached hydrogens (tertiary/aromatic N) is 1. The van der Waals surface area contributed by atoms with Crippen LogP contribution in [0.4, 0.5) is 0 Å². The van der Waals surface area contributed by atoms with Gasteiger partial charge in [-0.1, -0.05) is 38.3 Å². The lowest BCUT2D eigenvalue weighted by molar-refractivity contribution is 0.0518. The second-order valence-electron chi connectivity index (χ2n) is 6.57. The Morgan fingerprint density at radius 2 is 1.82 bits per heavy atom. The van der Waals surface area contributed by atoms with Crippen molar-refractivity contribution in [1.29, 1.82) is 0 Å². The van der Waals surface area contributed by atoms with Crippen LogP contribution >= 0.6 is 0 Å². The highest BCUT2D eigenvalue weighted by Gasteiger charge is 2.36. The van der Waals surface area contributed by atoms with Crippen molar-refractivity contribution in [2.45, 2.75) is 70.4 Å². The maximum Gasteiger partial charge on any atom is 0.0169 e. The van der Waals surface area contributed by atoms with Crippen LogP contribution in [0.5, 0.6) is 0 Å². The molecule has 0 N–H and O–H groups in total. The molecule has 0 aromatic carbocycles. The zero-order valence-corrected chi connectivity index (χ0v) is 11.3. The molecule has 1 nitrogen and oxygen atoms in total. The van der Waals surface area contributed by atoms with Crippen LogP contribution < -0.4 is 0 Å². The van der Waals surface area contributed by atoms with Crippen molar-refractivity contribution in [1.82, 2.24) is 4.90 Å². The average Bonchev–Trinajstić information content (AvgIpc) is 2.39. The molecule has 1 aliphatic heterocycles. The highest BCUT2D eigenvalue weighted by Crippen LogP contribution is 2.38. The predicted molar refractivity (Wildman–Crippen MR) is 73.0 cm³/mol. The van der Waals surface area contributed by atoms with Crippen LogP contribution in [0.2, 0.25) is 0 Å². The molecule has 1 heterocycles. The standard InChI is InChI=1S/C16H27N/c1-13-9-10-16-14(12-13)6-5-11-17(16)15-7-3-2-4-8-15/h5-6,13-16H,2-4,7-12H2,1H3. The summed E-state index contributed by atoms with van der Waals surface area (Å²) < 4.78 is 0. The molecule has 2 saturated carbocycles. The molecule has 3 rings (SSSR count). The molecule has 96 valence electrons. The summed E-state index contributed by atoms with van der Waals surface area (Å²) in [7, 11) is 0. The summed E-state index contributed by atoms with van der Waals surface area (Å²) in [6, 6.07) is 1.80. The highest BCUT2D eigenvalue weighted by molar-refractivity contribution is 5.06. The molecule has 0 radical (unpaired) electrons. The van der Waals surface area contributed by atoms with Gasteiger partial charge < -0.3 is 0 Å². The van der Waals surface area contributed by atoms with Gasteiger partial charge in [0.1, 0.15) is 0 Å². The Morgan fingerprint density at radius 3 is 2.65 bits per heavy atom. The number of hydrogen-bond acceptors (Lipinski definition) is 1. The van der Waals surface area contributed by atoms with E-state index in [4.69, 9.17) is 0 Å². The molecule has 0 aromatic heterocycles. The predicted octanol–water partition coefficient (Wildman–Crippen LogP) is 4.00. The summed E-state index contributed by atoms with van der Waals surface area (Å²) in [5, 5.41) is 0. The monoisotopic (exact) mass is 233 g/mol. The van der Waals surface area contributed by atoms with E-state index in [0.717, 1.165) is 23.9 Å². The molecule has 2 fully saturated rings. The second kappa shape index (κ2) is 5.14. The second-order valence-corrected chi connectivity index (χ2v) is 6.57. The van der Waals surface area contributed by atoms with Gasteiger partial charge in [-0.25, -0.2) is 0 Å². The minimum Gasteiger partial charge on any atom is -0.293 e. The van der Waals surface area contributed by atoms with E-state index in [1.807, 2.05) is 0 Å². The van der Waals surface area contributed by atoms with Gasteiger partial charge in [-0.3, -0.25) is 4.90 Å². The van der Waals surface area contributed by atoms with Crippen LogP contribution in [0.15, 0.2) is 12.2 Å². The van der Waals surface area contributed by atoms with Gasteiger partial charge in [-0.15, -0.1) is 0 Å². The Hall–Kier alpha value is -0.300. The first kappa shape index (κ1) is 11.8. The van der Waals surface area contributed by atoms with Gasteiger partial charge in [-0.05, 0) is 43.9 Å². The summed E-state index contributed by atoms with van der Waals surface area (Å²) in [6.07, 6.45) is 16.7. The van der Waals surface area contributed by atoms with Crippen LogP contribution in [0.3, 0.4) is 0 Å². The normalized spacial score (nSPS) is 40.2. The van der Waals surface area contributed by atoms with E-state index in [1.54, 1.807) is 0 Å². The lowest BCUT2D eigenvalue weighted by atomic mass is 9.75. The quantitative estimate of drug-likeness (QED) is 0.619. The lowest BCUT2D eigenvalue weighted by Gasteiger charge is -2.47. The molecule has 17 heavy (non-hydrogen) atoms. The molecule has 3 atom stereocenters. The molecule has 0 bridgehead atoms. The third-order valence-electron chi connectivity index (χ3n) is 5.29. The van der Waals surface area contributed by atoms with Gasteiger partial charge in [0.05, 0.1) is 0 Å². The number of rotatable bonds is 1. The van der Waals surface area contributed by atoms with Crippen molar-refractivity contribution in [3.63, 3.8) is 0 Å². The largest absolute Gasteiger partial charge is 0.293 e. The Morgan fingerprint density at radius 1 is 1.00 bits per heavy atom. The Labute approximate surface area is 106 Å². The molecule has 3 unspecified atom stereocenters. The lowest BCUT2D eigenvalue weighted by Crippen LogP contribution is -2.51. The summed E-state index contributed by atoms with van der Waals surface area (Å²) >= 11 is 0. The Balaban J connectivity index is 1.70. The maximum absolute atomic E-state index is 2.87. The van der Waals surface area contributed by atoms with Crippen molar-refractivity contribution in [2.75, 3.05) is 6.54 Å². The molecule has 0 spiro atoms. The van der Waals surface area contributed by atoms with E-state index >= 15 is 0 Å². The molecule has 0 aromatic rings. The van der Waals surface area contributed by atoms with E-state index in [-0.39, 0.29) is 0 Å². The fourth-order valence-corrected chi connectivity index (χ4v) is 4.35. The molecule has 3 aliphatic rings. The van der Waals surface area contributed by atoms with Crippen molar-refractivity contribution < 1.29 is 0 Å². The molecule has 0 saturated heterocycles. The maximum atomic E-state index is 2.87. The topological polar surface area (TPSA) is 3.24 Å². The van der Waals surface area contributed by atoms with Gasteiger partial charge in [0.25, 0.3) is 0 Å². The van der Waals surface area contributed by atoms with Crippen molar-refractivity contribution in [2.24, 2.45) is 11.8 Å². The summed E-state index contributed by atoms with van der Waals surface area (Å²) in [4.78, 5) is 2.87. The molecule has 1 heteroatoms. The van der Waals surface area contributed by atoms with E-state index in [2.05, 4.69) is 24.0 Å². The Bertz CT molecular complexity index is 277. The van der Waals surface area contributed by atoms with Crippen molar-refractivity contribution >= 4 is 0 Å². The first-order valence-corrected chi connectivity index (χ1v) is 7.77. The van der Waals surface area contributed by atoms with E-state index in [9.17, 15) is 0 Å². The highest BCUT2D eigenvalue weighted by atomic mass is 15.2. The third kappa shape index (κ3) is 2.45. The number of hydrogen-bond donors (Lipinski definition) is 0. The fourth-order valence-electron chi connectivity index (χ4n) is 4.35.